The number of anilines is 1. The molecule has 0 saturated carbocycles. The van der Waals surface area contributed by atoms with Crippen LogP contribution in [0, 0.1) is 5.92 Å². The third kappa shape index (κ3) is 3.52. The molecular weight excluding hydrogens is 306 g/mol. The van der Waals surface area contributed by atoms with Gasteiger partial charge in [0.05, 0.1) is 18.1 Å². The highest BCUT2D eigenvalue weighted by atomic mass is 16.5. The second kappa shape index (κ2) is 7.64. The molecule has 1 aromatic heterocycles. The standard InChI is InChI=1S/C18H25N3O3/c1-2-24-18(23)14-7-6-12-21(13-14)17(22)15-8-5-9-19-16(15)20-10-3-4-11-20/h5,8-9,14H,2-4,6-7,10-13H2,1H3. The van der Waals surface area contributed by atoms with Crippen LogP contribution in [0.15, 0.2) is 18.3 Å². The van der Waals surface area contributed by atoms with Crippen molar-refractivity contribution < 1.29 is 14.3 Å². The van der Waals surface area contributed by atoms with Crippen molar-refractivity contribution in [3.63, 3.8) is 0 Å². The van der Waals surface area contributed by atoms with Gasteiger partial charge in [-0.25, -0.2) is 4.98 Å². The first-order chi connectivity index (χ1) is 11.7. The SMILES string of the molecule is CCOC(=O)C1CCCN(C(=O)c2cccnc2N2CCCC2)C1. The highest BCUT2D eigenvalue weighted by Crippen LogP contribution is 2.25. The van der Waals surface area contributed by atoms with E-state index in [1.54, 1.807) is 17.2 Å². The number of aromatic nitrogens is 1. The molecule has 3 heterocycles. The Hall–Kier alpha value is -2.11. The fourth-order valence-corrected chi connectivity index (χ4v) is 3.53. The second-order valence-corrected chi connectivity index (χ2v) is 6.41. The van der Waals surface area contributed by atoms with Crippen molar-refractivity contribution in [3.05, 3.63) is 23.9 Å². The zero-order chi connectivity index (χ0) is 16.9. The highest BCUT2D eigenvalue weighted by Gasteiger charge is 2.31. The number of hydrogen-bond acceptors (Lipinski definition) is 5. The van der Waals surface area contributed by atoms with E-state index in [2.05, 4.69) is 9.88 Å². The number of amides is 1. The van der Waals surface area contributed by atoms with Crippen LogP contribution < -0.4 is 4.90 Å². The van der Waals surface area contributed by atoms with Crippen LogP contribution in [-0.4, -0.2) is 54.5 Å². The molecule has 3 rings (SSSR count). The van der Waals surface area contributed by atoms with Gasteiger partial charge in [0.25, 0.3) is 5.91 Å². The summed E-state index contributed by atoms with van der Waals surface area (Å²) in [4.78, 5) is 33.4. The van der Waals surface area contributed by atoms with Gasteiger partial charge in [-0.2, -0.15) is 0 Å². The number of carbonyl (C=O) groups excluding carboxylic acids is 2. The second-order valence-electron chi connectivity index (χ2n) is 6.41. The number of carbonyl (C=O) groups is 2. The molecule has 2 aliphatic rings. The van der Waals surface area contributed by atoms with Crippen LogP contribution >= 0.6 is 0 Å². The lowest BCUT2D eigenvalue weighted by Crippen LogP contribution is -2.43. The predicted octanol–water partition coefficient (Wildman–Crippen LogP) is 2.10. The summed E-state index contributed by atoms with van der Waals surface area (Å²) in [5.41, 5.74) is 0.643. The Balaban J connectivity index is 1.75. The third-order valence-corrected chi connectivity index (χ3v) is 4.75. The summed E-state index contributed by atoms with van der Waals surface area (Å²) >= 11 is 0. The van der Waals surface area contributed by atoms with Gasteiger partial charge >= 0.3 is 5.97 Å². The Morgan fingerprint density at radius 2 is 2.04 bits per heavy atom. The van der Waals surface area contributed by atoms with E-state index in [4.69, 9.17) is 4.74 Å². The number of rotatable bonds is 4. The summed E-state index contributed by atoms with van der Waals surface area (Å²) in [7, 11) is 0. The number of likely N-dealkylation sites (tertiary alicyclic amines) is 1. The van der Waals surface area contributed by atoms with Gasteiger partial charge in [-0.1, -0.05) is 0 Å². The molecule has 0 spiro atoms. The van der Waals surface area contributed by atoms with Crippen molar-refractivity contribution in [2.24, 2.45) is 5.92 Å². The van der Waals surface area contributed by atoms with E-state index < -0.39 is 0 Å². The summed E-state index contributed by atoms with van der Waals surface area (Å²) in [5, 5.41) is 0. The van der Waals surface area contributed by atoms with Gasteiger partial charge in [-0.05, 0) is 44.7 Å². The van der Waals surface area contributed by atoms with Crippen molar-refractivity contribution in [3.8, 4) is 0 Å². The summed E-state index contributed by atoms with van der Waals surface area (Å²) in [6.45, 7) is 5.20. The van der Waals surface area contributed by atoms with Gasteiger partial charge in [-0.3, -0.25) is 9.59 Å². The predicted molar refractivity (Wildman–Crippen MR) is 90.9 cm³/mol. The Morgan fingerprint density at radius 3 is 2.79 bits per heavy atom. The first kappa shape index (κ1) is 16.7. The fourth-order valence-electron chi connectivity index (χ4n) is 3.53. The first-order valence-corrected chi connectivity index (χ1v) is 8.86. The van der Waals surface area contributed by atoms with Crippen LogP contribution in [0.2, 0.25) is 0 Å². The minimum Gasteiger partial charge on any atom is -0.466 e. The normalized spacial score (nSPS) is 21.0. The van der Waals surface area contributed by atoms with Crippen molar-refractivity contribution in [1.82, 2.24) is 9.88 Å². The summed E-state index contributed by atoms with van der Waals surface area (Å²) in [6, 6.07) is 3.65. The topological polar surface area (TPSA) is 62.7 Å². The lowest BCUT2D eigenvalue weighted by atomic mass is 9.97. The van der Waals surface area contributed by atoms with Crippen LogP contribution in [0.1, 0.15) is 43.0 Å². The Bertz CT molecular complexity index is 599. The molecule has 0 aromatic carbocycles. The number of piperidine rings is 1. The van der Waals surface area contributed by atoms with Crippen LogP contribution in [-0.2, 0) is 9.53 Å². The smallest absolute Gasteiger partial charge is 0.310 e. The maximum absolute atomic E-state index is 13.0. The minimum atomic E-state index is -0.213. The highest BCUT2D eigenvalue weighted by molar-refractivity contribution is 5.99. The minimum absolute atomic E-state index is 0.0287. The van der Waals surface area contributed by atoms with Gasteiger partial charge in [0.1, 0.15) is 5.82 Å². The van der Waals surface area contributed by atoms with E-state index in [0.717, 1.165) is 44.6 Å². The molecule has 2 fully saturated rings. The molecule has 0 radical (unpaired) electrons. The Morgan fingerprint density at radius 1 is 1.25 bits per heavy atom. The van der Waals surface area contributed by atoms with E-state index in [9.17, 15) is 9.59 Å². The molecule has 2 saturated heterocycles. The number of ether oxygens (including phenoxy) is 1. The van der Waals surface area contributed by atoms with Crippen molar-refractivity contribution in [1.29, 1.82) is 0 Å². The monoisotopic (exact) mass is 331 g/mol. The lowest BCUT2D eigenvalue weighted by molar-refractivity contribution is -0.149. The van der Waals surface area contributed by atoms with Gasteiger partial charge in [0.2, 0.25) is 0 Å². The summed E-state index contributed by atoms with van der Waals surface area (Å²) < 4.78 is 5.12. The van der Waals surface area contributed by atoms with Crippen LogP contribution in [0.25, 0.3) is 0 Å². The largest absolute Gasteiger partial charge is 0.466 e. The summed E-state index contributed by atoms with van der Waals surface area (Å²) in [5.74, 6) is 0.341. The van der Waals surface area contributed by atoms with Crippen molar-refractivity contribution in [2.45, 2.75) is 32.6 Å². The zero-order valence-electron chi connectivity index (χ0n) is 14.2. The quantitative estimate of drug-likeness (QED) is 0.791. The van der Waals surface area contributed by atoms with E-state index in [1.807, 2.05) is 13.0 Å². The maximum Gasteiger partial charge on any atom is 0.310 e. The Kier molecular flexibility index (Phi) is 5.33. The molecule has 1 amide bonds. The van der Waals surface area contributed by atoms with Crippen LogP contribution in [0.5, 0.6) is 0 Å². The zero-order valence-corrected chi connectivity index (χ0v) is 14.2. The first-order valence-electron chi connectivity index (χ1n) is 8.86. The van der Waals surface area contributed by atoms with Gasteiger partial charge in [0.15, 0.2) is 0 Å². The van der Waals surface area contributed by atoms with Gasteiger partial charge in [0, 0.05) is 32.4 Å². The van der Waals surface area contributed by atoms with Crippen molar-refractivity contribution >= 4 is 17.7 Å². The molecule has 2 aliphatic heterocycles. The van der Waals surface area contributed by atoms with E-state index in [1.165, 1.54) is 0 Å². The van der Waals surface area contributed by atoms with E-state index in [0.29, 0.717) is 25.3 Å². The molecule has 0 N–H and O–H groups in total. The number of esters is 1. The molecular formula is C18H25N3O3. The molecule has 1 aromatic rings. The number of pyridine rings is 1. The average Bonchev–Trinajstić information content (AvgIpc) is 3.16. The van der Waals surface area contributed by atoms with Crippen LogP contribution in [0.3, 0.4) is 0 Å². The molecule has 0 bridgehead atoms. The average molecular weight is 331 g/mol. The third-order valence-electron chi connectivity index (χ3n) is 4.75. The number of hydrogen-bond donors (Lipinski definition) is 0. The molecule has 6 nitrogen and oxygen atoms in total. The van der Waals surface area contributed by atoms with Crippen LogP contribution in [0.4, 0.5) is 5.82 Å². The molecule has 6 heteroatoms. The van der Waals surface area contributed by atoms with Gasteiger partial charge in [-0.15, -0.1) is 0 Å². The van der Waals surface area contributed by atoms with Crippen molar-refractivity contribution in [2.75, 3.05) is 37.7 Å². The molecule has 24 heavy (non-hydrogen) atoms. The number of nitrogens with zero attached hydrogens (tertiary/aromatic N) is 3. The Labute approximate surface area is 142 Å². The van der Waals surface area contributed by atoms with E-state index in [-0.39, 0.29) is 17.8 Å². The maximum atomic E-state index is 13.0. The molecule has 1 atom stereocenters. The van der Waals surface area contributed by atoms with E-state index >= 15 is 0 Å². The molecule has 1 unspecified atom stereocenters. The summed E-state index contributed by atoms with van der Waals surface area (Å²) in [6.07, 6.45) is 5.63. The molecule has 130 valence electrons. The lowest BCUT2D eigenvalue weighted by Gasteiger charge is -2.32. The molecule has 0 aliphatic carbocycles. The fraction of sp³-hybridized carbons (Fsp3) is 0.611. The van der Waals surface area contributed by atoms with Gasteiger partial charge < -0.3 is 14.5 Å².